The van der Waals surface area contributed by atoms with E-state index in [1.54, 1.807) is 0 Å². The smallest absolute Gasteiger partial charge is 0.0790 e. The topological polar surface area (TPSA) is 12.9 Å². The van der Waals surface area contributed by atoms with E-state index in [1.165, 1.54) is 16.3 Å². The molecule has 110 valence electrons. The molecule has 4 rings (SSSR count). The van der Waals surface area contributed by atoms with Gasteiger partial charge in [0.25, 0.3) is 0 Å². The molecule has 0 bridgehead atoms. The Morgan fingerprint density at radius 2 is 1.30 bits per heavy atom. The summed E-state index contributed by atoms with van der Waals surface area (Å²) in [5, 5.41) is 2.47. The lowest BCUT2D eigenvalue weighted by Crippen LogP contribution is -1.92. The van der Waals surface area contributed by atoms with Crippen LogP contribution in [0.25, 0.3) is 33.3 Å². The Morgan fingerprint density at radius 1 is 0.652 bits per heavy atom. The van der Waals surface area contributed by atoms with Gasteiger partial charge < -0.3 is 0 Å². The van der Waals surface area contributed by atoms with E-state index < -0.39 is 0 Å². The second-order valence-corrected chi connectivity index (χ2v) is 5.76. The molecule has 0 saturated heterocycles. The fraction of sp³-hybridized carbons (Fsp3) is 0.0455. The normalized spacial score (nSPS) is 10.8. The van der Waals surface area contributed by atoms with Crippen molar-refractivity contribution >= 4 is 10.8 Å². The third-order valence-corrected chi connectivity index (χ3v) is 4.18. The highest BCUT2D eigenvalue weighted by atomic mass is 14.7. The van der Waals surface area contributed by atoms with E-state index in [9.17, 15) is 0 Å². The Bertz CT molecular complexity index is 957. The van der Waals surface area contributed by atoms with Crippen molar-refractivity contribution in [3.8, 4) is 22.5 Å². The summed E-state index contributed by atoms with van der Waals surface area (Å²) in [5.41, 5.74) is 5.63. The molecule has 3 aromatic carbocycles. The van der Waals surface area contributed by atoms with Crippen LogP contribution in [0.5, 0.6) is 0 Å². The Balaban J connectivity index is 2.06. The highest BCUT2D eigenvalue weighted by Gasteiger charge is 2.11. The molecule has 0 spiro atoms. The van der Waals surface area contributed by atoms with Crippen LogP contribution in [0.4, 0.5) is 0 Å². The fourth-order valence-electron chi connectivity index (χ4n) is 3.05. The average molecular weight is 295 g/mol. The minimum absolute atomic E-state index is 1.02. The van der Waals surface area contributed by atoms with Crippen molar-refractivity contribution < 1.29 is 0 Å². The maximum Gasteiger partial charge on any atom is 0.0790 e. The summed E-state index contributed by atoms with van der Waals surface area (Å²) in [6.45, 7) is 2.15. The van der Waals surface area contributed by atoms with E-state index in [0.717, 1.165) is 22.5 Å². The van der Waals surface area contributed by atoms with Gasteiger partial charge >= 0.3 is 0 Å². The molecular weight excluding hydrogens is 278 g/mol. The Kier molecular flexibility index (Phi) is 3.39. The minimum Gasteiger partial charge on any atom is -0.247 e. The minimum atomic E-state index is 1.02. The van der Waals surface area contributed by atoms with Crippen molar-refractivity contribution in [2.75, 3.05) is 0 Å². The molecule has 0 aliphatic rings. The quantitative estimate of drug-likeness (QED) is 0.450. The van der Waals surface area contributed by atoms with Gasteiger partial charge in [-0.25, -0.2) is 4.98 Å². The van der Waals surface area contributed by atoms with Crippen molar-refractivity contribution in [3.05, 3.63) is 90.5 Å². The number of aromatic nitrogens is 1. The summed E-state index contributed by atoms with van der Waals surface area (Å²) in [7, 11) is 0. The number of hydrogen-bond donors (Lipinski definition) is 0. The van der Waals surface area contributed by atoms with Gasteiger partial charge in [0.05, 0.1) is 11.4 Å². The fourth-order valence-corrected chi connectivity index (χ4v) is 3.05. The highest BCUT2D eigenvalue weighted by molar-refractivity contribution is 5.99. The summed E-state index contributed by atoms with van der Waals surface area (Å²) < 4.78 is 0. The highest BCUT2D eigenvalue weighted by Crippen LogP contribution is 2.32. The first-order valence-electron chi connectivity index (χ1n) is 7.84. The zero-order valence-electron chi connectivity index (χ0n) is 13.0. The molecule has 0 atom stereocenters. The molecule has 0 fully saturated rings. The summed E-state index contributed by atoms with van der Waals surface area (Å²) in [6, 6.07) is 29.4. The van der Waals surface area contributed by atoms with E-state index in [4.69, 9.17) is 4.98 Å². The first-order valence-corrected chi connectivity index (χ1v) is 7.84. The molecular formula is C22H17N. The predicted octanol–water partition coefficient (Wildman–Crippen LogP) is 5.88. The molecule has 0 N–H and O–H groups in total. The third-order valence-electron chi connectivity index (χ3n) is 4.18. The van der Waals surface area contributed by atoms with E-state index >= 15 is 0 Å². The van der Waals surface area contributed by atoms with Gasteiger partial charge in [0, 0.05) is 16.5 Å². The maximum atomic E-state index is 5.00. The summed E-state index contributed by atoms with van der Waals surface area (Å²) in [6.07, 6.45) is 0. The first kappa shape index (κ1) is 13.7. The number of aryl methyl sites for hydroxylation is 1. The van der Waals surface area contributed by atoms with E-state index in [1.807, 2.05) is 12.1 Å². The molecule has 1 heterocycles. The maximum absolute atomic E-state index is 5.00. The molecule has 0 saturated carbocycles. The van der Waals surface area contributed by atoms with Crippen LogP contribution in [0.15, 0.2) is 84.9 Å². The van der Waals surface area contributed by atoms with E-state index in [2.05, 4.69) is 79.7 Å². The number of pyridine rings is 1. The molecule has 1 heteroatoms. The zero-order chi connectivity index (χ0) is 15.6. The summed E-state index contributed by atoms with van der Waals surface area (Å²) >= 11 is 0. The lowest BCUT2D eigenvalue weighted by atomic mass is 9.98. The Labute approximate surface area is 136 Å². The van der Waals surface area contributed by atoms with Crippen LogP contribution in [0.3, 0.4) is 0 Å². The van der Waals surface area contributed by atoms with E-state index in [-0.39, 0.29) is 0 Å². The van der Waals surface area contributed by atoms with Gasteiger partial charge in [0.2, 0.25) is 0 Å². The van der Waals surface area contributed by atoms with Crippen molar-refractivity contribution in [2.45, 2.75) is 6.92 Å². The van der Waals surface area contributed by atoms with Gasteiger partial charge in [0.1, 0.15) is 0 Å². The molecule has 0 radical (unpaired) electrons. The number of rotatable bonds is 2. The Hall–Kier alpha value is -2.93. The molecule has 0 amide bonds. The van der Waals surface area contributed by atoms with Gasteiger partial charge in [-0.05, 0) is 23.9 Å². The van der Waals surface area contributed by atoms with Crippen LogP contribution in [0, 0.1) is 6.92 Å². The largest absolute Gasteiger partial charge is 0.247 e. The number of hydrogen-bond acceptors (Lipinski definition) is 1. The monoisotopic (exact) mass is 295 g/mol. The van der Waals surface area contributed by atoms with Gasteiger partial charge in [-0.3, -0.25) is 0 Å². The Morgan fingerprint density at radius 3 is 2.00 bits per heavy atom. The third kappa shape index (κ3) is 2.51. The van der Waals surface area contributed by atoms with Crippen LogP contribution < -0.4 is 0 Å². The van der Waals surface area contributed by atoms with Gasteiger partial charge in [-0.1, -0.05) is 78.9 Å². The number of fused-ring (bicyclic) bond motifs is 1. The molecule has 23 heavy (non-hydrogen) atoms. The summed E-state index contributed by atoms with van der Waals surface area (Å²) in [4.78, 5) is 5.00. The summed E-state index contributed by atoms with van der Waals surface area (Å²) in [5.74, 6) is 0. The van der Waals surface area contributed by atoms with Crippen molar-refractivity contribution in [3.63, 3.8) is 0 Å². The van der Waals surface area contributed by atoms with Gasteiger partial charge in [0.15, 0.2) is 0 Å². The van der Waals surface area contributed by atoms with Crippen molar-refractivity contribution in [1.82, 2.24) is 4.98 Å². The second kappa shape index (κ2) is 5.69. The zero-order valence-corrected chi connectivity index (χ0v) is 13.0. The molecule has 1 nitrogen and oxygen atoms in total. The van der Waals surface area contributed by atoms with Crippen LogP contribution in [-0.2, 0) is 0 Å². The molecule has 0 aliphatic carbocycles. The van der Waals surface area contributed by atoms with Gasteiger partial charge in [-0.2, -0.15) is 0 Å². The standard InChI is InChI=1S/C22H17N/c1-16-9-8-14-19-15-20(17-10-4-2-5-11-17)23-22(21(16)19)18-12-6-3-7-13-18/h2-15H,1H3. The van der Waals surface area contributed by atoms with Crippen LogP contribution >= 0.6 is 0 Å². The van der Waals surface area contributed by atoms with Crippen LogP contribution in [0.2, 0.25) is 0 Å². The lowest BCUT2D eigenvalue weighted by molar-refractivity contribution is 1.34. The van der Waals surface area contributed by atoms with Crippen molar-refractivity contribution in [2.24, 2.45) is 0 Å². The number of nitrogens with zero attached hydrogens (tertiary/aromatic N) is 1. The van der Waals surface area contributed by atoms with Crippen LogP contribution in [0.1, 0.15) is 5.56 Å². The van der Waals surface area contributed by atoms with E-state index in [0.29, 0.717) is 0 Å². The molecule has 1 aromatic heterocycles. The van der Waals surface area contributed by atoms with Crippen LogP contribution in [-0.4, -0.2) is 4.98 Å². The first-order chi connectivity index (χ1) is 11.3. The average Bonchev–Trinajstić information content (AvgIpc) is 2.62. The predicted molar refractivity (Wildman–Crippen MR) is 97.4 cm³/mol. The molecule has 0 unspecified atom stereocenters. The molecule has 0 aliphatic heterocycles. The number of benzene rings is 3. The van der Waals surface area contributed by atoms with Crippen molar-refractivity contribution in [1.29, 1.82) is 0 Å². The van der Waals surface area contributed by atoms with Gasteiger partial charge in [-0.15, -0.1) is 0 Å². The SMILES string of the molecule is Cc1cccc2cc(-c3ccccc3)nc(-c3ccccc3)c12. The second-order valence-electron chi connectivity index (χ2n) is 5.76. The lowest BCUT2D eigenvalue weighted by Gasteiger charge is -2.12. The molecule has 4 aromatic rings.